The summed E-state index contributed by atoms with van der Waals surface area (Å²) < 4.78 is 0. The van der Waals surface area contributed by atoms with Crippen molar-refractivity contribution in [1.82, 2.24) is 15.3 Å². The number of benzene rings is 2. The first-order chi connectivity index (χ1) is 18.8. The second kappa shape index (κ2) is 10.6. The average molecular weight is 572 g/mol. The highest BCUT2D eigenvalue weighted by Crippen LogP contribution is 2.46. The second-order valence-corrected chi connectivity index (χ2v) is 10.2. The van der Waals surface area contributed by atoms with Crippen LogP contribution >= 0.6 is 23.2 Å². The third-order valence-electron chi connectivity index (χ3n) is 7.69. The minimum atomic E-state index is -0.197. The molecule has 0 spiro atoms. The zero-order valence-corrected chi connectivity index (χ0v) is 23.5. The third-order valence-corrected chi connectivity index (χ3v) is 8.06. The molecule has 0 fully saturated rings. The monoisotopic (exact) mass is 571 g/mol. The van der Waals surface area contributed by atoms with E-state index in [0.29, 0.717) is 47.8 Å². The fourth-order valence-electron chi connectivity index (χ4n) is 5.98. The summed E-state index contributed by atoms with van der Waals surface area (Å²) in [6, 6.07) is 3.24. The molecule has 0 bridgehead atoms. The number of phenols is 2. The molecule has 5 N–H and O–H groups in total. The SMILES string of the molecule is CCl.Cc1c[nH]c2c(O)cc3c(c12)CCN3C(=O)CNCC(=O)N1CC(CCl)c2c1cc(O)c1[nH]cc(C)c21. The van der Waals surface area contributed by atoms with Crippen LogP contribution in [0.5, 0.6) is 11.5 Å². The molecule has 0 saturated carbocycles. The van der Waals surface area contributed by atoms with Crippen molar-refractivity contribution < 1.29 is 19.8 Å². The molecule has 2 aromatic heterocycles. The molecule has 0 saturated heterocycles. The van der Waals surface area contributed by atoms with Crippen LogP contribution in [-0.4, -0.2) is 70.4 Å². The summed E-state index contributed by atoms with van der Waals surface area (Å²) in [5, 5.41) is 25.9. The molecular formula is C28H31Cl2N5O4. The molecule has 6 rings (SSSR count). The fraction of sp³-hybridized carbons (Fsp3) is 0.357. The number of fused-ring (bicyclic) bond motifs is 6. The maximum absolute atomic E-state index is 13.2. The molecule has 1 atom stereocenters. The summed E-state index contributed by atoms with van der Waals surface area (Å²) in [5.74, 6) is 0.130. The van der Waals surface area contributed by atoms with E-state index in [4.69, 9.17) is 11.6 Å². The smallest absolute Gasteiger partial charge is 0.240 e. The molecule has 9 nitrogen and oxygen atoms in total. The van der Waals surface area contributed by atoms with Gasteiger partial charge in [0.25, 0.3) is 0 Å². The number of aromatic hydroxyl groups is 2. The largest absolute Gasteiger partial charge is 0.506 e. The van der Waals surface area contributed by atoms with E-state index in [2.05, 4.69) is 26.9 Å². The second-order valence-electron chi connectivity index (χ2n) is 9.92. The number of aryl methyl sites for hydroxylation is 2. The van der Waals surface area contributed by atoms with Gasteiger partial charge in [-0.2, -0.15) is 0 Å². The number of H-pyrrole nitrogens is 2. The number of anilines is 2. The van der Waals surface area contributed by atoms with Crippen molar-refractivity contribution >= 4 is 68.2 Å². The van der Waals surface area contributed by atoms with Gasteiger partial charge in [0, 0.05) is 66.6 Å². The van der Waals surface area contributed by atoms with Gasteiger partial charge >= 0.3 is 0 Å². The number of alkyl halides is 2. The van der Waals surface area contributed by atoms with Crippen LogP contribution in [0, 0.1) is 13.8 Å². The number of nitrogens with one attached hydrogen (secondary N) is 3. The van der Waals surface area contributed by atoms with Gasteiger partial charge in [-0.3, -0.25) is 14.9 Å². The average Bonchev–Trinajstić information content (AvgIpc) is 3.70. The lowest BCUT2D eigenvalue weighted by Crippen LogP contribution is -2.42. The lowest BCUT2D eigenvalue weighted by molar-refractivity contribution is -0.118. The first-order valence-electron chi connectivity index (χ1n) is 12.7. The number of halogens is 2. The maximum Gasteiger partial charge on any atom is 0.240 e. The van der Waals surface area contributed by atoms with Crippen LogP contribution in [0.25, 0.3) is 21.8 Å². The minimum absolute atomic E-state index is 0.0169. The summed E-state index contributed by atoms with van der Waals surface area (Å²) in [7, 11) is 0. The topological polar surface area (TPSA) is 125 Å². The number of rotatable bonds is 5. The fourth-order valence-corrected chi connectivity index (χ4v) is 6.23. The lowest BCUT2D eigenvalue weighted by atomic mass is 9.97. The van der Waals surface area contributed by atoms with Gasteiger partial charge in [-0.05, 0) is 42.5 Å². The Morgan fingerprint density at radius 2 is 1.51 bits per heavy atom. The number of nitrogens with zero attached hydrogens (tertiary/aromatic N) is 2. The molecule has 4 heterocycles. The molecule has 39 heavy (non-hydrogen) atoms. The molecule has 1 unspecified atom stereocenters. The molecule has 4 aromatic rings. The maximum atomic E-state index is 13.2. The van der Waals surface area contributed by atoms with E-state index in [1.807, 2.05) is 26.2 Å². The number of aromatic nitrogens is 2. The Morgan fingerprint density at radius 3 is 2.15 bits per heavy atom. The van der Waals surface area contributed by atoms with Gasteiger partial charge in [0.05, 0.1) is 35.5 Å². The number of hydrogen-bond donors (Lipinski definition) is 5. The van der Waals surface area contributed by atoms with Crippen molar-refractivity contribution in [3.05, 3.63) is 46.8 Å². The van der Waals surface area contributed by atoms with Crippen molar-refractivity contribution in [2.45, 2.75) is 26.2 Å². The summed E-state index contributed by atoms with van der Waals surface area (Å²) in [5.41, 5.74) is 6.73. The summed E-state index contributed by atoms with van der Waals surface area (Å²) in [4.78, 5) is 35.8. The molecule has 0 aliphatic carbocycles. The highest BCUT2D eigenvalue weighted by atomic mass is 35.5. The highest BCUT2D eigenvalue weighted by molar-refractivity contribution is 6.19. The van der Waals surface area contributed by atoms with Crippen LogP contribution in [0.4, 0.5) is 11.4 Å². The number of phenolic OH excluding ortho intramolecular Hbond substituents is 2. The Balaban J connectivity index is 0.00000151. The first-order valence-corrected chi connectivity index (χ1v) is 14.0. The van der Waals surface area contributed by atoms with E-state index in [0.717, 1.165) is 33.0 Å². The van der Waals surface area contributed by atoms with Crippen LogP contribution in [0.3, 0.4) is 0 Å². The lowest BCUT2D eigenvalue weighted by Gasteiger charge is -2.20. The number of hydrogen-bond acceptors (Lipinski definition) is 5. The van der Waals surface area contributed by atoms with Gasteiger partial charge in [-0.25, -0.2) is 0 Å². The van der Waals surface area contributed by atoms with Crippen LogP contribution < -0.4 is 15.1 Å². The molecule has 11 heteroatoms. The molecule has 206 valence electrons. The Labute approximate surface area is 235 Å². The predicted octanol–water partition coefficient (Wildman–Crippen LogP) is 4.38. The number of carbonyl (C=O) groups is 2. The van der Waals surface area contributed by atoms with Crippen LogP contribution in [0.1, 0.15) is 28.2 Å². The zero-order chi connectivity index (χ0) is 28.0. The quantitative estimate of drug-likeness (QED) is 0.227. The zero-order valence-electron chi connectivity index (χ0n) is 22.0. The van der Waals surface area contributed by atoms with E-state index in [9.17, 15) is 19.8 Å². The normalized spacial score (nSPS) is 16.0. The molecule has 2 amide bonds. The third kappa shape index (κ3) is 4.38. The van der Waals surface area contributed by atoms with Crippen molar-refractivity contribution in [3.63, 3.8) is 0 Å². The number of carbonyl (C=O) groups excluding carboxylic acids is 2. The number of aromatic amines is 2. The Hall–Kier alpha value is -3.40. The van der Waals surface area contributed by atoms with Gasteiger partial charge < -0.3 is 30.0 Å². The molecular weight excluding hydrogens is 541 g/mol. The Bertz CT molecular complexity index is 1590. The molecule has 2 aliphatic rings. The first kappa shape index (κ1) is 27.2. The van der Waals surface area contributed by atoms with Crippen molar-refractivity contribution in [2.75, 3.05) is 48.2 Å². The van der Waals surface area contributed by atoms with E-state index in [1.165, 1.54) is 6.38 Å². The number of amides is 2. The Morgan fingerprint density at radius 1 is 0.949 bits per heavy atom. The van der Waals surface area contributed by atoms with E-state index in [-0.39, 0.29) is 42.3 Å². The standard InChI is InChI=1S/C27H28ClN5O4.CH3Cl/c1-13-8-30-26-19(34)5-17-16(23(13)26)3-4-32(17)21(36)10-29-11-22(37)33-12-15(7-28)25-18(33)6-20(35)27-24(25)14(2)9-31-27;1-2/h5-6,8-9,15,29-31,34-35H,3-4,7,10-12H2,1-2H3;1H3. The molecule has 2 aromatic carbocycles. The van der Waals surface area contributed by atoms with Crippen molar-refractivity contribution in [1.29, 1.82) is 0 Å². The van der Waals surface area contributed by atoms with E-state index < -0.39 is 0 Å². The summed E-state index contributed by atoms with van der Waals surface area (Å²) in [6.45, 7) is 4.82. The molecule has 2 aliphatic heterocycles. The van der Waals surface area contributed by atoms with Crippen LogP contribution in [0.2, 0.25) is 0 Å². The summed E-state index contributed by atoms with van der Waals surface area (Å²) >= 11 is 10.9. The van der Waals surface area contributed by atoms with E-state index >= 15 is 0 Å². The van der Waals surface area contributed by atoms with Crippen molar-refractivity contribution in [3.8, 4) is 11.5 Å². The Kier molecular flexibility index (Phi) is 7.41. The van der Waals surface area contributed by atoms with Gasteiger partial charge in [0.2, 0.25) is 11.8 Å². The molecule has 0 radical (unpaired) electrons. The highest BCUT2D eigenvalue weighted by Gasteiger charge is 2.35. The minimum Gasteiger partial charge on any atom is -0.506 e. The van der Waals surface area contributed by atoms with Crippen LogP contribution in [0.15, 0.2) is 24.5 Å². The van der Waals surface area contributed by atoms with E-state index in [1.54, 1.807) is 21.9 Å². The predicted molar refractivity (Wildman–Crippen MR) is 156 cm³/mol. The van der Waals surface area contributed by atoms with Gasteiger partial charge in [-0.15, -0.1) is 23.2 Å². The van der Waals surface area contributed by atoms with Gasteiger partial charge in [-0.1, -0.05) is 0 Å². The van der Waals surface area contributed by atoms with Crippen molar-refractivity contribution in [2.24, 2.45) is 0 Å². The van der Waals surface area contributed by atoms with Gasteiger partial charge in [0.15, 0.2) is 0 Å². The summed E-state index contributed by atoms with van der Waals surface area (Å²) in [6.07, 6.45) is 5.87. The van der Waals surface area contributed by atoms with Gasteiger partial charge in [0.1, 0.15) is 11.5 Å². The van der Waals surface area contributed by atoms with Crippen LogP contribution in [-0.2, 0) is 16.0 Å².